The highest BCUT2D eigenvalue weighted by atomic mass is 19.3. The van der Waals surface area contributed by atoms with Crippen LogP contribution in [0.15, 0.2) is 30.3 Å². The fourth-order valence-electron chi connectivity index (χ4n) is 6.18. The zero-order valence-corrected chi connectivity index (χ0v) is 22.1. The number of anilines is 2. The van der Waals surface area contributed by atoms with Gasteiger partial charge in [0.25, 0.3) is 6.43 Å². The topological polar surface area (TPSA) is 71.3 Å². The number of ether oxygens (including phenoxy) is 1. The number of nitrogens with zero attached hydrogens (tertiary/aromatic N) is 6. The Morgan fingerprint density at radius 1 is 0.897 bits per heavy atom. The van der Waals surface area contributed by atoms with Crippen LogP contribution in [-0.2, 0) is 4.74 Å². The molecule has 39 heavy (non-hydrogen) atoms. The van der Waals surface area contributed by atoms with Crippen molar-refractivity contribution in [2.45, 2.75) is 57.2 Å². The summed E-state index contributed by atoms with van der Waals surface area (Å²) in [6.45, 7) is 4.97. The molecule has 0 radical (unpaired) electrons. The van der Waals surface area contributed by atoms with Crippen molar-refractivity contribution >= 4 is 22.8 Å². The minimum Gasteiger partial charge on any atom is -0.378 e. The summed E-state index contributed by atoms with van der Waals surface area (Å²) in [5.41, 5.74) is 1.09. The first-order chi connectivity index (χ1) is 19.0. The fraction of sp³-hybridized carbons (Fsp3) is 0.607. The average molecular weight is 544 g/mol. The number of alkyl halides is 3. The van der Waals surface area contributed by atoms with Crippen LogP contribution in [0, 0.1) is 5.92 Å². The summed E-state index contributed by atoms with van der Waals surface area (Å²) >= 11 is 0. The van der Waals surface area contributed by atoms with Gasteiger partial charge in [-0.1, -0.05) is 12.1 Å². The lowest BCUT2D eigenvalue weighted by molar-refractivity contribution is 0.0828. The maximum absolute atomic E-state index is 14.1. The van der Waals surface area contributed by atoms with Crippen molar-refractivity contribution in [3.05, 3.63) is 36.2 Å². The van der Waals surface area contributed by atoms with E-state index >= 15 is 0 Å². The largest absolute Gasteiger partial charge is 0.378 e. The number of halogens is 3. The Balaban J connectivity index is 1.21. The summed E-state index contributed by atoms with van der Waals surface area (Å²) in [5, 5.41) is 3.43. The van der Waals surface area contributed by atoms with E-state index in [4.69, 9.17) is 14.7 Å². The van der Waals surface area contributed by atoms with E-state index in [1.54, 1.807) is 24.3 Å². The number of fused-ring (bicyclic) bond motifs is 1. The van der Waals surface area contributed by atoms with E-state index in [1.165, 1.54) is 4.57 Å². The molecule has 3 aromatic rings. The Morgan fingerprint density at radius 2 is 1.62 bits per heavy atom. The lowest BCUT2D eigenvalue weighted by Crippen LogP contribution is -2.44. The second kappa shape index (κ2) is 11.7. The normalized spacial score (nSPS) is 23.5. The highest BCUT2D eigenvalue weighted by Gasteiger charge is 2.29. The Labute approximate surface area is 226 Å². The quantitative estimate of drug-likeness (QED) is 0.450. The summed E-state index contributed by atoms with van der Waals surface area (Å²) in [6, 6.07) is 9.43. The second-order valence-electron chi connectivity index (χ2n) is 10.9. The highest BCUT2D eigenvalue weighted by Crippen LogP contribution is 2.31. The molecule has 6 rings (SSSR count). The van der Waals surface area contributed by atoms with Gasteiger partial charge in [0.05, 0.1) is 24.2 Å². The maximum atomic E-state index is 14.1. The van der Waals surface area contributed by atoms with Gasteiger partial charge in [0.2, 0.25) is 5.95 Å². The molecule has 1 saturated carbocycles. The Kier molecular flexibility index (Phi) is 7.87. The summed E-state index contributed by atoms with van der Waals surface area (Å²) in [4.78, 5) is 18.3. The molecule has 210 valence electrons. The second-order valence-corrected chi connectivity index (χ2v) is 10.9. The molecule has 1 N–H and O–H groups in total. The van der Waals surface area contributed by atoms with Crippen LogP contribution in [0.1, 0.15) is 50.8 Å². The van der Waals surface area contributed by atoms with Crippen LogP contribution in [-0.4, -0.2) is 82.6 Å². The first kappa shape index (κ1) is 26.3. The third-order valence-electron chi connectivity index (χ3n) is 8.39. The minimum atomic E-state index is -2.75. The van der Waals surface area contributed by atoms with Gasteiger partial charge >= 0.3 is 0 Å². The van der Waals surface area contributed by atoms with Gasteiger partial charge in [-0.2, -0.15) is 9.97 Å². The van der Waals surface area contributed by atoms with Crippen LogP contribution < -0.4 is 10.2 Å². The van der Waals surface area contributed by atoms with Crippen molar-refractivity contribution in [3.8, 4) is 5.82 Å². The molecule has 1 aliphatic carbocycles. The molecule has 2 aliphatic heterocycles. The first-order valence-electron chi connectivity index (χ1n) is 14.1. The molecular weight excluding hydrogens is 507 g/mol. The van der Waals surface area contributed by atoms with Gasteiger partial charge in [0, 0.05) is 44.8 Å². The maximum Gasteiger partial charge on any atom is 0.296 e. The van der Waals surface area contributed by atoms with Gasteiger partial charge in [0.15, 0.2) is 5.82 Å². The van der Waals surface area contributed by atoms with Gasteiger partial charge in [-0.15, -0.1) is 0 Å². The lowest BCUT2D eigenvalue weighted by atomic mass is 9.84. The number of hydrogen-bond donors (Lipinski definition) is 1. The number of likely N-dealkylation sites (tertiary alicyclic amines) is 1. The van der Waals surface area contributed by atoms with E-state index in [-0.39, 0.29) is 5.82 Å². The van der Waals surface area contributed by atoms with Crippen LogP contribution in [0.3, 0.4) is 0 Å². The van der Waals surface area contributed by atoms with Crippen LogP contribution in [0.25, 0.3) is 16.9 Å². The van der Waals surface area contributed by atoms with Gasteiger partial charge in [-0.3, -0.25) is 4.57 Å². The molecule has 2 saturated heterocycles. The molecule has 0 atom stereocenters. The molecule has 0 unspecified atom stereocenters. The standard InChI is InChI=1S/C28H36F3N7O/c29-20-9-11-36(12-10-20)21-7-5-19(6-8-21)18-32-28-34-24(37-13-15-39-16-14-37)17-25(35-28)38-23-4-2-1-3-22(23)33-27(38)26(30)31/h1-4,17,19-21,26H,5-16,18H2,(H,32,34,35)/t19-,21-. The number of para-hydroxylation sites is 2. The highest BCUT2D eigenvalue weighted by molar-refractivity contribution is 5.78. The predicted molar refractivity (Wildman–Crippen MR) is 145 cm³/mol. The third kappa shape index (κ3) is 5.84. The molecule has 4 heterocycles. The van der Waals surface area contributed by atoms with Crippen LogP contribution >= 0.6 is 0 Å². The summed E-state index contributed by atoms with van der Waals surface area (Å²) in [5.74, 6) is 1.63. The van der Waals surface area contributed by atoms with E-state index in [0.29, 0.717) is 79.7 Å². The molecule has 11 heteroatoms. The van der Waals surface area contributed by atoms with Crippen molar-refractivity contribution in [1.29, 1.82) is 0 Å². The molecular formula is C28H36F3N7O. The van der Waals surface area contributed by atoms with Gasteiger partial charge < -0.3 is 19.9 Å². The zero-order valence-electron chi connectivity index (χ0n) is 22.1. The number of rotatable bonds is 7. The van der Waals surface area contributed by atoms with E-state index in [0.717, 1.165) is 45.3 Å². The molecule has 3 fully saturated rings. The Hall–Kier alpha value is -2.92. The van der Waals surface area contributed by atoms with Crippen molar-refractivity contribution in [2.75, 3.05) is 56.2 Å². The summed E-state index contributed by atoms with van der Waals surface area (Å²) in [7, 11) is 0. The first-order valence-corrected chi connectivity index (χ1v) is 14.1. The van der Waals surface area contributed by atoms with Crippen molar-refractivity contribution in [3.63, 3.8) is 0 Å². The Bertz CT molecular complexity index is 1250. The van der Waals surface area contributed by atoms with Crippen molar-refractivity contribution < 1.29 is 17.9 Å². The zero-order chi connectivity index (χ0) is 26.8. The minimum absolute atomic E-state index is 0.330. The number of morpholine rings is 1. The monoisotopic (exact) mass is 543 g/mol. The number of hydrogen-bond acceptors (Lipinski definition) is 7. The van der Waals surface area contributed by atoms with Crippen molar-refractivity contribution in [1.82, 2.24) is 24.4 Å². The number of benzene rings is 1. The van der Waals surface area contributed by atoms with Crippen molar-refractivity contribution in [2.24, 2.45) is 5.92 Å². The van der Waals surface area contributed by atoms with Crippen LogP contribution in [0.4, 0.5) is 24.9 Å². The SMILES string of the molecule is FC1CCN([C@H]2CC[C@H](CNc3nc(N4CCOCC4)cc(-n4c(C(F)F)nc5ccccc54)n3)CC2)CC1. The lowest BCUT2D eigenvalue weighted by Gasteiger charge is -2.39. The molecule has 0 bridgehead atoms. The molecule has 8 nitrogen and oxygen atoms in total. The summed E-state index contributed by atoms with van der Waals surface area (Å²) < 4.78 is 48.7. The number of imidazole rings is 1. The number of piperidine rings is 1. The van der Waals surface area contributed by atoms with E-state index in [9.17, 15) is 13.2 Å². The fourth-order valence-corrected chi connectivity index (χ4v) is 6.18. The van der Waals surface area contributed by atoms with E-state index in [1.807, 2.05) is 6.07 Å². The van der Waals surface area contributed by atoms with Gasteiger partial charge in [0.1, 0.15) is 17.8 Å². The van der Waals surface area contributed by atoms with E-state index in [2.05, 4.69) is 20.1 Å². The predicted octanol–water partition coefficient (Wildman–Crippen LogP) is 4.99. The molecule has 0 amide bonds. The number of aromatic nitrogens is 4. The van der Waals surface area contributed by atoms with Crippen LogP contribution in [0.2, 0.25) is 0 Å². The Morgan fingerprint density at radius 3 is 2.36 bits per heavy atom. The summed E-state index contributed by atoms with van der Waals surface area (Å²) in [6.07, 6.45) is 2.32. The average Bonchev–Trinajstić information content (AvgIpc) is 3.37. The molecule has 0 spiro atoms. The smallest absolute Gasteiger partial charge is 0.296 e. The third-order valence-corrected chi connectivity index (χ3v) is 8.39. The van der Waals surface area contributed by atoms with Gasteiger partial charge in [-0.05, 0) is 56.6 Å². The molecule has 2 aromatic heterocycles. The van der Waals surface area contributed by atoms with Crippen LogP contribution in [0.5, 0.6) is 0 Å². The number of nitrogens with one attached hydrogen (secondary N) is 1. The molecule has 3 aliphatic rings. The van der Waals surface area contributed by atoms with E-state index < -0.39 is 12.6 Å². The van der Waals surface area contributed by atoms with Gasteiger partial charge in [-0.25, -0.2) is 18.2 Å². The molecule has 1 aromatic carbocycles.